The third-order valence-electron chi connectivity index (χ3n) is 4.77. The lowest BCUT2D eigenvalue weighted by molar-refractivity contribution is -0.131. The average molecular weight is 470 g/mol. The van der Waals surface area contributed by atoms with Crippen molar-refractivity contribution >= 4 is 18.0 Å². The first-order valence-electron chi connectivity index (χ1n) is 10.4. The first kappa shape index (κ1) is 24.6. The number of carboxylic acids is 1. The minimum atomic E-state index is -1.14. The van der Waals surface area contributed by atoms with Crippen molar-refractivity contribution in [3.63, 3.8) is 0 Å². The molecule has 0 spiro atoms. The maximum atomic E-state index is 14.6. The van der Waals surface area contributed by atoms with E-state index in [2.05, 4.69) is 0 Å². The van der Waals surface area contributed by atoms with Crippen LogP contribution in [-0.2, 0) is 4.79 Å². The number of alkyl halides is 1. The fourth-order valence-corrected chi connectivity index (χ4v) is 3.01. The number of halogens is 3. The highest BCUT2D eigenvalue weighted by Gasteiger charge is 2.17. The van der Waals surface area contributed by atoms with Crippen LogP contribution in [0.15, 0.2) is 66.7 Å². The number of hydrogen-bond donors (Lipinski definition) is 1. The van der Waals surface area contributed by atoms with Crippen LogP contribution in [-0.4, -0.2) is 30.3 Å². The van der Waals surface area contributed by atoms with Gasteiger partial charge in [0.15, 0.2) is 11.6 Å². The molecule has 3 aromatic rings. The Balaban J connectivity index is 1.67. The van der Waals surface area contributed by atoms with Crippen molar-refractivity contribution in [1.29, 1.82) is 0 Å². The van der Waals surface area contributed by atoms with Crippen molar-refractivity contribution in [3.05, 3.63) is 89.5 Å². The van der Waals surface area contributed by atoms with Crippen molar-refractivity contribution in [2.75, 3.05) is 13.3 Å². The summed E-state index contributed by atoms with van der Waals surface area (Å²) in [6.45, 7) is -0.417. The fourth-order valence-electron chi connectivity index (χ4n) is 3.01. The van der Waals surface area contributed by atoms with Crippen LogP contribution in [0.2, 0.25) is 0 Å². The largest absolute Gasteiger partial charge is 0.490 e. The summed E-state index contributed by atoms with van der Waals surface area (Å²) in [4.78, 5) is 22.9. The molecule has 0 bridgehead atoms. The normalized spacial score (nSPS) is 10.9. The second-order valence-corrected chi connectivity index (χ2v) is 7.19. The number of rotatable bonds is 10. The Morgan fingerprint density at radius 1 is 0.882 bits per heavy atom. The molecule has 0 aliphatic heterocycles. The summed E-state index contributed by atoms with van der Waals surface area (Å²) in [5, 5.41) is 8.64. The highest BCUT2D eigenvalue weighted by molar-refractivity contribution is 5.91. The number of benzene rings is 3. The van der Waals surface area contributed by atoms with Crippen molar-refractivity contribution in [1.82, 2.24) is 0 Å². The van der Waals surface area contributed by atoms with Crippen LogP contribution in [0, 0.1) is 11.6 Å². The fraction of sp³-hybridized carbons (Fsp3) is 0.154. The van der Waals surface area contributed by atoms with Gasteiger partial charge in [-0.1, -0.05) is 24.3 Å². The monoisotopic (exact) mass is 470 g/mol. The molecule has 0 atom stereocenters. The van der Waals surface area contributed by atoms with E-state index < -0.39 is 30.2 Å². The van der Waals surface area contributed by atoms with Crippen molar-refractivity contribution in [2.45, 2.75) is 12.8 Å². The number of carbonyl (C=O) groups excluding carboxylic acids is 1. The van der Waals surface area contributed by atoms with E-state index in [1.165, 1.54) is 54.6 Å². The highest BCUT2D eigenvalue weighted by Crippen LogP contribution is 2.30. The Hall–Kier alpha value is -4.07. The number of carbonyl (C=O) groups is 2. The maximum Gasteiger partial charge on any atom is 0.343 e. The van der Waals surface area contributed by atoms with E-state index in [0.717, 1.165) is 6.08 Å². The van der Waals surface area contributed by atoms with Gasteiger partial charge in [0.1, 0.15) is 5.75 Å². The van der Waals surface area contributed by atoms with E-state index >= 15 is 0 Å². The Labute approximate surface area is 194 Å². The van der Waals surface area contributed by atoms with Gasteiger partial charge in [-0.2, -0.15) is 4.39 Å². The van der Waals surface area contributed by atoms with Crippen LogP contribution in [0.5, 0.6) is 11.5 Å². The summed E-state index contributed by atoms with van der Waals surface area (Å²) in [5.41, 5.74) is 1.18. The molecule has 1 N–H and O–H groups in total. The predicted octanol–water partition coefficient (Wildman–Crippen LogP) is 6.08. The third kappa shape index (κ3) is 6.48. The average Bonchev–Trinajstić information content (AvgIpc) is 2.84. The maximum absolute atomic E-state index is 14.6. The zero-order chi connectivity index (χ0) is 24.5. The van der Waals surface area contributed by atoms with Gasteiger partial charge in [-0.3, -0.25) is 4.39 Å². The van der Waals surface area contributed by atoms with Crippen LogP contribution in [0.1, 0.15) is 28.8 Å². The molecule has 0 aliphatic carbocycles. The van der Waals surface area contributed by atoms with Crippen LogP contribution in [0.4, 0.5) is 13.2 Å². The number of unbranched alkanes of at least 4 members (excludes halogenated alkanes) is 1. The minimum absolute atomic E-state index is 0.00136. The van der Waals surface area contributed by atoms with Crippen LogP contribution >= 0.6 is 0 Å². The zero-order valence-electron chi connectivity index (χ0n) is 18.0. The molecule has 0 saturated carbocycles. The predicted molar refractivity (Wildman–Crippen MR) is 121 cm³/mol. The molecule has 176 valence electrons. The topological polar surface area (TPSA) is 72.8 Å². The Kier molecular flexibility index (Phi) is 8.45. The molecule has 3 rings (SSSR count). The highest BCUT2D eigenvalue weighted by atomic mass is 19.2. The molecule has 0 fully saturated rings. The summed E-state index contributed by atoms with van der Waals surface area (Å²) in [6, 6.07) is 14.7. The summed E-state index contributed by atoms with van der Waals surface area (Å²) < 4.78 is 51.5. The zero-order valence-corrected chi connectivity index (χ0v) is 18.0. The minimum Gasteiger partial charge on any atom is -0.490 e. The molecular formula is C26H21F3O5. The number of carboxylic acid groups (broad SMARTS) is 1. The first-order valence-corrected chi connectivity index (χ1v) is 10.4. The van der Waals surface area contributed by atoms with Crippen molar-refractivity contribution < 1.29 is 37.3 Å². The molecule has 0 unspecified atom stereocenters. The van der Waals surface area contributed by atoms with Gasteiger partial charge in [-0.25, -0.2) is 14.0 Å². The van der Waals surface area contributed by atoms with Crippen molar-refractivity contribution in [3.8, 4) is 22.6 Å². The molecule has 3 aromatic carbocycles. The quantitative estimate of drug-likeness (QED) is 0.168. The van der Waals surface area contributed by atoms with Gasteiger partial charge in [0.25, 0.3) is 0 Å². The summed E-state index contributed by atoms with van der Waals surface area (Å²) in [5.74, 6) is -3.93. The van der Waals surface area contributed by atoms with Gasteiger partial charge >= 0.3 is 11.9 Å². The molecule has 0 aromatic heterocycles. The van der Waals surface area contributed by atoms with E-state index in [9.17, 15) is 22.8 Å². The molecule has 0 aliphatic rings. The Morgan fingerprint density at radius 2 is 1.59 bits per heavy atom. The van der Waals surface area contributed by atoms with Crippen LogP contribution in [0.25, 0.3) is 17.2 Å². The van der Waals surface area contributed by atoms with Gasteiger partial charge in [0.05, 0.1) is 18.8 Å². The lowest BCUT2D eigenvalue weighted by atomic mass is 10.0. The molecule has 0 heterocycles. The SMILES string of the molecule is O=C(O)/C=C/c1ccc(OC(=O)c2ccc(-c3ccc(OCCCCF)c(F)c3F)cc2)cc1. The van der Waals surface area contributed by atoms with Gasteiger partial charge in [-0.15, -0.1) is 0 Å². The molecule has 8 heteroatoms. The molecule has 0 radical (unpaired) electrons. The van der Waals surface area contributed by atoms with Gasteiger partial charge in [-0.05, 0) is 66.4 Å². The summed E-state index contributed by atoms with van der Waals surface area (Å²) >= 11 is 0. The third-order valence-corrected chi connectivity index (χ3v) is 4.77. The summed E-state index contributed by atoms with van der Waals surface area (Å²) in [6.07, 6.45) is 3.07. The van der Waals surface area contributed by atoms with E-state index in [0.29, 0.717) is 17.5 Å². The van der Waals surface area contributed by atoms with Crippen LogP contribution < -0.4 is 9.47 Å². The van der Waals surface area contributed by atoms with E-state index in [1.54, 1.807) is 12.1 Å². The molecule has 34 heavy (non-hydrogen) atoms. The second kappa shape index (κ2) is 11.7. The number of esters is 1. The van der Waals surface area contributed by atoms with E-state index in [-0.39, 0.29) is 35.7 Å². The Morgan fingerprint density at radius 3 is 2.24 bits per heavy atom. The lowest BCUT2D eigenvalue weighted by Gasteiger charge is -2.11. The van der Waals surface area contributed by atoms with Crippen LogP contribution in [0.3, 0.4) is 0 Å². The molecule has 0 saturated heterocycles. The van der Waals surface area contributed by atoms with Gasteiger partial charge < -0.3 is 14.6 Å². The Bertz CT molecular complexity index is 1170. The molecule has 0 amide bonds. The van der Waals surface area contributed by atoms with Gasteiger partial charge in [0, 0.05) is 11.6 Å². The first-order chi connectivity index (χ1) is 16.4. The second-order valence-electron chi connectivity index (χ2n) is 7.19. The molecular weight excluding hydrogens is 449 g/mol. The molecule has 5 nitrogen and oxygen atoms in total. The number of hydrogen-bond acceptors (Lipinski definition) is 4. The van der Waals surface area contributed by atoms with Gasteiger partial charge in [0.2, 0.25) is 5.82 Å². The van der Waals surface area contributed by atoms with E-state index in [4.69, 9.17) is 14.6 Å². The lowest BCUT2D eigenvalue weighted by Crippen LogP contribution is -2.08. The standard InChI is InChI=1S/C26H21F3O5/c27-15-1-2-16-33-22-13-12-21(24(28)25(22)29)18-6-8-19(9-7-18)26(32)34-20-10-3-17(4-11-20)5-14-23(30)31/h3-14H,1-2,15-16H2,(H,30,31)/b14-5+. The van der Waals surface area contributed by atoms with E-state index in [1.807, 2.05) is 0 Å². The smallest absolute Gasteiger partial charge is 0.343 e. The number of ether oxygens (including phenoxy) is 2. The summed E-state index contributed by atoms with van der Waals surface area (Å²) in [7, 11) is 0. The number of aliphatic carboxylic acids is 1. The van der Waals surface area contributed by atoms with Crippen molar-refractivity contribution in [2.24, 2.45) is 0 Å².